The zero-order valence-electron chi connectivity index (χ0n) is 13.7. The molecule has 0 fully saturated rings. The second kappa shape index (κ2) is 8.00. The number of likely N-dealkylation sites (N-methyl/N-ethyl adjacent to an activating group) is 2. The van der Waals surface area contributed by atoms with E-state index in [2.05, 4.69) is 4.90 Å². The molecule has 2 N–H and O–H groups in total. The van der Waals surface area contributed by atoms with Crippen LogP contribution >= 0.6 is 0 Å². The average molecular weight is 293 g/mol. The maximum Gasteiger partial charge on any atom is 0.236 e. The van der Waals surface area contributed by atoms with E-state index in [0.29, 0.717) is 6.54 Å². The Hall–Kier alpha value is -1.59. The van der Waals surface area contributed by atoms with Gasteiger partial charge in [0.1, 0.15) is 5.75 Å². The molecule has 118 valence electrons. The second-order valence-electron chi connectivity index (χ2n) is 5.43. The average Bonchev–Trinajstić information content (AvgIpc) is 2.46. The molecule has 1 rings (SSSR count). The van der Waals surface area contributed by atoms with Crippen LogP contribution in [-0.4, -0.2) is 56.0 Å². The normalized spacial score (nSPS) is 13.9. The Balaban J connectivity index is 2.99. The zero-order valence-corrected chi connectivity index (χ0v) is 13.7. The first kappa shape index (κ1) is 17.5. The van der Waals surface area contributed by atoms with Crippen LogP contribution in [0.3, 0.4) is 0 Å². The molecule has 21 heavy (non-hydrogen) atoms. The van der Waals surface area contributed by atoms with Crippen LogP contribution in [0.2, 0.25) is 0 Å². The van der Waals surface area contributed by atoms with Crippen molar-refractivity contribution in [3.05, 3.63) is 29.8 Å². The Morgan fingerprint density at radius 2 is 1.86 bits per heavy atom. The minimum atomic E-state index is -0.0756. The number of benzene rings is 1. The van der Waals surface area contributed by atoms with E-state index in [1.54, 1.807) is 26.1 Å². The SMILES string of the molecule is CCN(CC(=O)N(C)C)C(c1ccc(OC)cc1)C(C)N. The molecule has 0 aliphatic carbocycles. The van der Waals surface area contributed by atoms with E-state index in [9.17, 15) is 4.79 Å². The van der Waals surface area contributed by atoms with Gasteiger partial charge in [0.05, 0.1) is 19.7 Å². The van der Waals surface area contributed by atoms with Gasteiger partial charge < -0.3 is 15.4 Å². The maximum atomic E-state index is 12.0. The van der Waals surface area contributed by atoms with Crippen molar-refractivity contribution < 1.29 is 9.53 Å². The summed E-state index contributed by atoms with van der Waals surface area (Å²) in [5.41, 5.74) is 7.27. The van der Waals surface area contributed by atoms with E-state index < -0.39 is 0 Å². The van der Waals surface area contributed by atoms with Gasteiger partial charge in [0, 0.05) is 20.1 Å². The molecular formula is C16H27N3O2. The fraction of sp³-hybridized carbons (Fsp3) is 0.562. The van der Waals surface area contributed by atoms with Gasteiger partial charge in [0.2, 0.25) is 5.91 Å². The first-order chi connectivity index (χ1) is 9.90. The number of amides is 1. The molecule has 0 spiro atoms. The number of ether oxygens (including phenoxy) is 1. The predicted octanol–water partition coefficient (Wildman–Crippen LogP) is 1.49. The Bertz CT molecular complexity index is 443. The number of hydrogen-bond donors (Lipinski definition) is 1. The van der Waals surface area contributed by atoms with Crippen LogP contribution in [0.4, 0.5) is 0 Å². The summed E-state index contributed by atoms with van der Waals surface area (Å²) in [6.45, 7) is 5.14. The smallest absolute Gasteiger partial charge is 0.236 e. The minimum Gasteiger partial charge on any atom is -0.497 e. The highest BCUT2D eigenvalue weighted by atomic mass is 16.5. The molecule has 0 bridgehead atoms. The summed E-state index contributed by atoms with van der Waals surface area (Å²) in [5, 5.41) is 0. The summed E-state index contributed by atoms with van der Waals surface area (Å²) in [6, 6.07) is 7.79. The summed E-state index contributed by atoms with van der Waals surface area (Å²) in [6.07, 6.45) is 0. The molecule has 0 aromatic heterocycles. The molecule has 0 heterocycles. The van der Waals surface area contributed by atoms with Crippen molar-refractivity contribution in [3.63, 3.8) is 0 Å². The van der Waals surface area contributed by atoms with Gasteiger partial charge >= 0.3 is 0 Å². The van der Waals surface area contributed by atoms with Crippen molar-refractivity contribution in [2.24, 2.45) is 5.73 Å². The highest BCUT2D eigenvalue weighted by Gasteiger charge is 2.25. The van der Waals surface area contributed by atoms with E-state index >= 15 is 0 Å². The number of carbonyl (C=O) groups excluding carboxylic acids is 1. The molecule has 0 aliphatic heterocycles. The summed E-state index contributed by atoms with van der Waals surface area (Å²) in [7, 11) is 5.18. The maximum absolute atomic E-state index is 12.0. The Labute approximate surface area is 127 Å². The molecule has 2 atom stereocenters. The lowest BCUT2D eigenvalue weighted by molar-refractivity contribution is -0.130. The van der Waals surface area contributed by atoms with Crippen molar-refractivity contribution in [1.29, 1.82) is 0 Å². The third-order valence-electron chi connectivity index (χ3n) is 3.59. The van der Waals surface area contributed by atoms with Crippen LogP contribution in [0.5, 0.6) is 5.75 Å². The molecule has 0 saturated heterocycles. The van der Waals surface area contributed by atoms with Crippen molar-refractivity contribution in [2.75, 3.05) is 34.3 Å². The van der Waals surface area contributed by atoms with E-state index in [1.807, 2.05) is 38.1 Å². The van der Waals surface area contributed by atoms with Crippen molar-refractivity contribution in [1.82, 2.24) is 9.80 Å². The lowest BCUT2D eigenvalue weighted by atomic mass is 9.99. The second-order valence-corrected chi connectivity index (χ2v) is 5.43. The molecule has 0 aliphatic rings. The summed E-state index contributed by atoms with van der Waals surface area (Å²) < 4.78 is 5.19. The van der Waals surface area contributed by atoms with Crippen LogP contribution in [0.1, 0.15) is 25.5 Å². The number of nitrogens with two attached hydrogens (primary N) is 1. The quantitative estimate of drug-likeness (QED) is 0.827. The molecule has 0 saturated carbocycles. The van der Waals surface area contributed by atoms with Crippen LogP contribution < -0.4 is 10.5 Å². The van der Waals surface area contributed by atoms with Gasteiger partial charge in [-0.3, -0.25) is 9.69 Å². The van der Waals surface area contributed by atoms with E-state index in [4.69, 9.17) is 10.5 Å². The van der Waals surface area contributed by atoms with Crippen molar-refractivity contribution >= 4 is 5.91 Å². The molecule has 0 radical (unpaired) electrons. The van der Waals surface area contributed by atoms with Gasteiger partial charge in [0.15, 0.2) is 0 Å². The third kappa shape index (κ3) is 4.72. The molecule has 1 amide bonds. The van der Waals surface area contributed by atoms with Crippen molar-refractivity contribution in [3.8, 4) is 5.75 Å². The van der Waals surface area contributed by atoms with Gasteiger partial charge in [-0.25, -0.2) is 0 Å². The highest BCUT2D eigenvalue weighted by molar-refractivity contribution is 5.77. The zero-order chi connectivity index (χ0) is 16.0. The summed E-state index contributed by atoms with van der Waals surface area (Å²) in [5.74, 6) is 0.894. The van der Waals surface area contributed by atoms with Crippen LogP contribution in [0.15, 0.2) is 24.3 Å². The Morgan fingerprint density at radius 3 is 2.24 bits per heavy atom. The summed E-state index contributed by atoms with van der Waals surface area (Å²) in [4.78, 5) is 15.7. The first-order valence-electron chi connectivity index (χ1n) is 7.24. The van der Waals surface area contributed by atoms with E-state index in [-0.39, 0.29) is 18.0 Å². The topological polar surface area (TPSA) is 58.8 Å². The van der Waals surface area contributed by atoms with Crippen LogP contribution in [-0.2, 0) is 4.79 Å². The molecule has 5 nitrogen and oxygen atoms in total. The van der Waals surface area contributed by atoms with Crippen molar-refractivity contribution in [2.45, 2.75) is 25.9 Å². The summed E-state index contributed by atoms with van der Waals surface area (Å²) >= 11 is 0. The molecule has 5 heteroatoms. The number of methoxy groups -OCH3 is 1. The highest BCUT2D eigenvalue weighted by Crippen LogP contribution is 2.25. The van der Waals surface area contributed by atoms with E-state index in [0.717, 1.165) is 17.9 Å². The fourth-order valence-electron chi connectivity index (χ4n) is 2.37. The first-order valence-corrected chi connectivity index (χ1v) is 7.24. The molecule has 1 aromatic carbocycles. The standard InChI is InChI=1S/C16H27N3O2/c1-6-19(11-15(20)18(3)4)16(12(2)17)13-7-9-14(21-5)10-8-13/h7-10,12,16H,6,11,17H2,1-5H3. The largest absolute Gasteiger partial charge is 0.497 e. The van der Waals surface area contributed by atoms with Gasteiger partial charge in [-0.15, -0.1) is 0 Å². The van der Waals surface area contributed by atoms with E-state index in [1.165, 1.54) is 0 Å². The third-order valence-corrected chi connectivity index (χ3v) is 3.59. The minimum absolute atomic E-state index is 0.00445. The van der Waals surface area contributed by atoms with Gasteiger partial charge in [0.25, 0.3) is 0 Å². The Kier molecular flexibility index (Phi) is 6.65. The Morgan fingerprint density at radius 1 is 1.29 bits per heavy atom. The monoisotopic (exact) mass is 293 g/mol. The number of carbonyl (C=O) groups is 1. The fourth-order valence-corrected chi connectivity index (χ4v) is 2.37. The number of rotatable bonds is 7. The van der Waals surface area contributed by atoms with Gasteiger partial charge in [-0.1, -0.05) is 19.1 Å². The molecule has 1 aromatic rings. The van der Waals surface area contributed by atoms with Crippen LogP contribution in [0, 0.1) is 0 Å². The predicted molar refractivity (Wildman–Crippen MR) is 85.3 cm³/mol. The lowest BCUT2D eigenvalue weighted by Gasteiger charge is -2.34. The lowest BCUT2D eigenvalue weighted by Crippen LogP contribution is -2.44. The number of hydrogen-bond acceptors (Lipinski definition) is 4. The van der Waals surface area contributed by atoms with Crippen LogP contribution in [0.25, 0.3) is 0 Å². The van der Waals surface area contributed by atoms with Gasteiger partial charge in [-0.2, -0.15) is 0 Å². The van der Waals surface area contributed by atoms with Gasteiger partial charge in [-0.05, 0) is 31.2 Å². The molecular weight excluding hydrogens is 266 g/mol. The number of nitrogens with zero attached hydrogens (tertiary/aromatic N) is 2. The molecule has 2 unspecified atom stereocenters.